The van der Waals surface area contributed by atoms with E-state index in [0.717, 1.165) is 30.4 Å². The van der Waals surface area contributed by atoms with Crippen molar-refractivity contribution in [2.45, 2.75) is 26.5 Å². The Bertz CT molecular complexity index is 665. The fraction of sp³-hybridized carbons (Fsp3) is 0.421. The van der Waals surface area contributed by atoms with Gasteiger partial charge in [-0.15, -0.1) is 24.0 Å². The first kappa shape index (κ1) is 22.7. The maximum Gasteiger partial charge on any atom is 0.194 e. The number of hydrogen-bond acceptors (Lipinski definition) is 4. The van der Waals surface area contributed by atoms with Crippen LogP contribution in [0.3, 0.4) is 0 Å². The SMILES string of the molecule is CCNC(=NCC(O)COc1cccc(C)c1)N(C)Cc1ccsc1.I. The maximum absolute atomic E-state index is 10.2. The van der Waals surface area contributed by atoms with E-state index in [0.29, 0.717) is 6.54 Å². The lowest BCUT2D eigenvalue weighted by molar-refractivity contribution is 0.114. The molecule has 5 nitrogen and oxygen atoms in total. The molecule has 0 aliphatic heterocycles. The summed E-state index contributed by atoms with van der Waals surface area (Å²) in [4.78, 5) is 6.58. The lowest BCUT2D eigenvalue weighted by Crippen LogP contribution is -2.39. The van der Waals surface area contributed by atoms with Crippen LogP contribution in [0.5, 0.6) is 5.75 Å². The van der Waals surface area contributed by atoms with Gasteiger partial charge in [-0.3, -0.25) is 4.99 Å². The maximum atomic E-state index is 10.2. The highest BCUT2D eigenvalue weighted by Crippen LogP contribution is 2.12. The molecule has 1 unspecified atom stereocenters. The lowest BCUT2D eigenvalue weighted by Gasteiger charge is -2.22. The van der Waals surface area contributed by atoms with E-state index < -0.39 is 6.10 Å². The van der Waals surface area contributed by atoms with E-state index in [1.165, 1.54) is 5.56 Å². The number of ether oxygens (including phenoxy) is 1. The molecule has 1 heterocycles. The molecular formula is C19H28IN3O2S. The molecule has 0 aliphatic carbocycles. The van der Waals surface area contributed by atoms with Crippen LogP contribution in [0, 0.1) is 6.92 Å². The number of aliphatic hydroxyl groups excluding tert-OH is 1. The van der Waals surface area contributed by atoms with Crippen molar-refractivity contribution >= 4 is 41.3 Å². The Morgan fingerprint density at radius 1 is 1.38 bits per heavy atom. The van der Waals surface area contributed by atoms with Crippen molar-refractivity contribution in [2.75, 3.05) is 26.7 Å². The average molecular weight is 489 g/mol. The summed E-state index contributed by atoms with van der Waals surface area (Å²) in [6, 6.07) is 9.91. The van der Waals surface area contributed by atoms with Crippen LogP contribution >= 0.6 is 35.3 Å². The Hall–Kier alpha value is -1.32. The highest BCUT2D eigenvalue weighted by Gasteiger charge is 2.10. The number of aliphatic imine (C=N–C) groups is 1. The highest BCUT2D eigenvalue weighted by molar-refractivity contribution is 14.0. The molecule has 0 spiro atoms. The molecule has 144 valence electrons. The van der Waals surface area contributed by atoms with Gasteiger partial charge in [0.05, 0.1) is 6.54 Å². The Balaban J connectivity index is 0.00000338. The summed E-state index contributed by atoms with van der Waals surface area (Å²) in [5, 5.41) is 17.6. The number of guanidine groups is 1. The van der Waals surface area contributed by atoms with Crippen molar-refractivity contribution < 1.29 is 9.84 Å². The van der Waals surface area contributed by atoms with Gasteiger partial charge in [-0.2, -0.15) is 11.3 Å². The summed E-state index contributed by atoms with van der Waals surface area (Å²) in [5.41, 5.74) is 2.39. The molecule has 1 aromatic heterocycles. The number of halogens is 1. The number of nitrogens with zero attached hydrogens (tertiary/aromatic N) is 2. The number of nitrogens with one attached hydrogen (secondary N) is 1. The zero-order valence-electron chi connectivity index (χ0n) is 15.5. The highest BCUT2D eigenvalue weighted by atomic mass is 127. The molecule has 0 radical (unpaired) electrons. The van der Waals surface area contributed by atoms with E-state index in [1.54, 1.807) is 11.3 Å². The molecule has 2 rings (SSSR count). The van der Waals surface area contributed by atoms with Crippen LogP contribution < -0.4 is 10.1 Å². The van der Waals surface area contributed by atoms with Gasteiger partial charge in [0.1, 0.15) is 18.5 Å². The van der Waals surface area contributed by atoms with E-state index in [1.807, 2.05) is 45.2 Å². The molecule has 0 saturated carbocycles. The summed E-state index contributed by atoms with van der Waals surface area (Å²) in [7, 11) is 1.99. The van der Waals surface area contributed by atoms with E-state index in [4.69, 9.17) is 4.74 Å². The number of aryl methyl sites for hydroxylation is 1. The standard InChI is InChI=1S/C19H27N3O2S.HI/c1-4-20-19(22(3)12-16-8-9-25-14-16)21-11-17(23)13-24-18-7-5-6-15(2)10-18;/h5-10,14,17,23H,4,11-13H2,1-3H3,(H,20,21);1H. The molecule has 0 amide bonds. The minimum atomic E-state index is -0.649. The van der Waals surface area contributed by atoms with Gasteiger partial charge in [0, 0.05) is 20.1 Å². The van der Waals surface area contributed by atoms with Gasteiger partial charge < -0.3 is 20.1 Å². The van der Waals surface area contributed by atoms with Crippen molar-refractivity contribution in [3.05, 3.63) is 52.2 Å². The molecule has 1 aromatic carbocycles. The van der Waals surface area contributed by atoms with Crippen LogP contribution in [-0.2, 0) is 6.54 Å². The molecule has 2 N–H and O–H groups in total. The van der Waals surface area contributed by atoms with Crippen molar-refractivity contribution in [1.29, 1.82) is 0 Å². The number of hydrogen-bond donors (Lipinski definition) is 2. The molecule has 7 heteroatoms. The molecule has 0 aliphatic rings. The zero-order chi connectivity index (χ0) is 18.1. The number of aliphatic hydroxyl groups is 1. The number of benzene rings is 1. The molecule has 0 bridgehead atoms. The summed E-state index contributed by atoms with van der Waals surface area (Å²) in [6.45, 7) is 6.13. The Morgan fingerprint density at radius 3 is 2.85 bits per heavy atom. The second kappa shape index (κ2) is 12.1. The first-order valence-corrected chi connectivity index (χ1v) is 9.40. The second-order valence-electron chi connectivity index (χ2n) is 5.96. The minimum absolute atomic E-state index is 0. The first-order valence-electron chi connectivity index (χ1n) is 8.46. The number of thiophene rings is 1. The molecule has 0 fully saturated rings. The topological polar surface area (TPSA) is 57.1 Å². The van der Waals surface area contributed by atoms with Crippen molar-refractivity contribution in [3.8, 4) is 5.75 Å². The zero-order valence-corrected chi connectivity index (χ0v) is 18.7. The molecule has 2 aromatic rings. The largest absolute Gasteiger partial charge is 0.491 e. The van der Waals surface area contributed by atoms with Crippen LogP contribution in [0.4, 0.5) is 0 Å². The lowest BCUT2D eigenvalue weighted by atomic mass is 10.2. The van der Waals surface area contributed by atoms with Gasteiger partial charge in [0.25, 0.3) is 0 Å². The molecule has 1 atom stereocenters. The Morgan fingerprint density at radius 2 is 2.19 bits per heavy atom. The van der Waals surface area contributed by atoms with E-state index in [9.17, 15) is 5.11 Å². The van der Waals surface area contributed by atoms with Crippen LogP contribution in [-0.4, -0.2) is 48.8 Å². The summed E-state index contributed by atoms with van der Waals surface area (Å²) >= 11 is 1.69. The van der Waals surface area contributed by atoms with Gasteiger partial charge >= 0.3 is 0 Å². The quantitative estimate of drug-likeness (QED) is 0.339. The van der Waals surface area contributed by atoms with Crippen LogP contribution in [0.15, 0.2) is 46.1 Å². The van der Waals surface area contributed by atoms with E-state index >= 15 is 0 Å². The third-order valence-electron chi connectivity index (χ3n) is 3.58. The van der Waals surface area contributed by atoms with Gasteiger partial charge in [-0.25, -0.2) is 0 Å². The number of rotatable bonds is 8. The smallest absolute Gasteiger partial charge is 0.194 e. The second-order valence-corrected chi connectivity index (χ2v) is 6.74. The van der Waals surface area contributed by atoms with Gasteiger partial charge in [-0.1, -0.05) is 12.1 Å². The third kappa shape index (κ3) is 7.92. The van der Waals surface area contributed by atoms with Gasteiger partial charge in [0.2, 0.25) is 0 Å². The summed E-state index contributed by atoms with van der Waals surface area (Å²) in [6.07, 6.45) is -0.649. The van der Waals surface area contributed by atoms with Crippen molar-refractivity contribution in [3.63, 3.8) is 0 Å². The summed E-state index contributed by atoms with van der Waals surface area (Å²) in [5.74, 6) is 1.55. The average Bonchev–Trinajstić information content (AvgIpc) is 3.09. The third-order valence-corrected chi connectivity index (χ3v) is 4.31. The molecule has 26 heavy (non-hydrogen) atoms. The Kier molecular flexibility index (Phi) is 10.6. The first-order chi connectivity index (χ1) is 12.1. The molecule has 0 saturated heterocycles. The Labute approximate surface area is 177 Å². The fourth-order valence-corrected chi connectivity index (χ4v) is 3.00. The monoisotopic (exact) mass is 489 g/mol. The van der Waals surface area contributed by atoms with Crippen molar-refractivity contribution in [1.82, 2.24) is 10.2 Å². The minimum Gasteiger partial charge on any atom is -0.491 e. The summed E-state index contributed by atoms with van der Waals surface area (Å²) < 4.78 is 5.63. The molecular weight excluding hydrogens is 461 g/mol. The van der Waals surface area contributed by atoms with Crippen molar-refractivity contribution in [2.24, 2.45) is 4.99 Å². The predicted octanol–water partition coefficient (Wildman–Crippen LogP) is 3.51. The normalized spacial score (nSPS) is 12.2. The van der Waals surface area contributed by atoms with E-state index in [-0.39, 0.29) is 30.6 Å². The van der Waals surface area contributed by atoms with E-state index in [2.05, 4.69) is 32.0 Å². The van der Waals surface area contributed by atoms with Crippen LogP contribution in [0.25, 0.3) is 0 Å². The predicted molar refractivity (Wildman–Crippen MR) is 120 cm³/mol. The fourth-order valence-electron chi connectivity index (χ4n) is 2.34. The van der Waals surface area contributed by atoms with Crippen LogP contribution in [0.1, 0.15) is 18.1 Å². The van der Waals surface area contributed by atoms with Crippen LogP contribution in [0.2, 0.25) is 0 Å². The van der Waals surface area contributed by atoms with Gasteiger partial charge in [-0.05, 0) is 53.9 Å². The van der Waals surface area contributed by atoms with Gasteiger partial charge in [0.15, 0.2) is 5.96 Å².